The van der Waals surface area contributed by atoms with E-state index in [4.69, 9.17) is 21.1 Å². The SMILES string of the molecule is COc1ccc2nc(NC(=O)COC(=O)Cc3ccc(Cl)cc3)sc2c1. The van der Waals surface area contributed by atoms with Crippen LogP contribution in [0.15, 0.2) is 42.5 Å². The van der Waals surface area contributed by atoms with Gasteiger partial charge in [-0.1, -0.05) is 35.1 Å². The fourth-order valence-electron chi connectivity index (χ4n) is 2.21. The van der Waals surface area contributed by atoms with E-state index in [1.165, 1.54) is 11.3 Å². The van der Waals surface area contributed by atoms with Crippen molar-refractivity contribution in [3.05, 3.63) is 53.1 Å². The lowest BCUT2D eigenvalue weighted by Crippen LogP contribution is -2.21. The van der Waals surface area contributed by atoms with Gasteiger partial charge in [0.25, 0.3) is 5.91 Å². The van der Waals surface area contributed by atoms with E-state index in [0.29, 0.717) is 10.2 Å². The Morgan fingerprint density at radius 3 is 2.69 bits per heavy atom. The fourth-order valence-corrected chi connectivity index (χ4v) is 3.24. The molecule has 0 spiro atoms. The zero-order chi connectivity index (χ0) is 18.5. The number of carbonyl (C=O) groups is 2. The van der Waals surface area contributed by atoms with Gasteiger partial charge in [-0.3, -0.25) is 14.9 Å². The van der Waals surface area contributed by atoms with Crippen molar-refractivity contribution in [3.8, 4) is 5.75 Å². The first kappa shape index (κ1) is 18.2. The van der Waals surface area contributed by atoms with Gasteiger partial charge in [0.1, 0.15) is 5.75 Å². The second-order valence-corrected chi connectivity index (χ2v) is 6.83. The first-order valence-electron chi connectivity index (χ1n) is 7.68. The number of aromatic nitrogens is 1. The maximum Gasteiger partial charge on any atom is 0.310 e. The van der Waals surface area contributed by atoms with Crippen LogP contribution in [0.25, 0.3) is 10.2 Å². The first-order valence-corrected chi connectivity index (χ1v) is 8.87. The molecule has 1 amide bonds. The van der Waals surface area contributed by atoms with E-state index in [9.17, 15) is 9.59 Å². The van der Waals surface area contributed by atoms with E-state index in [2.05, 4.69) is 10.3 Å². The number of anilines is 1. The van der Waals surface area contributed by atoms with Gasteiger partial charge in [-0.2, -0.15) is 0 Å². The van der Waals surface area contributed by atoms with Crippen molar-refractivity contribution >= 4 is 50.2 Å². The summed E-state index contributed by atoms with van der Waals surface area (Å²) in [5.74, 6) is -0.216. The largest absolute Gasteiger partial charge is 0.497 e. The summed E-state index contributed by atoms with van der Waals surface area (Å²) in [6.45, 7) is -0.369. The Morgan fingerprint density at radius 1 is 1.19 bits per heavy atom. The molecule has 2 aromatic carbocycles. The smallest absolute Gasteiger partial charge is 0.310 e. The van der Waals surface area contributed by atoms with Gasteiger partial charge in [-0.05, 0) is 35.9 Å². The zero-order valence-electron chi connectivity index (χ0n) is 13.8. The van der Waals surface area contributed by atoms with Crippen LogP contribution >= 0.6 is 22.9 Å². The van der Waals surface area contributed by atoms with Crippen LogP contribution in [0, 0.1) is 0 Å². The van der Waals surface area contributed by atoms with Gasteiger partial charge in [0.2, 0.25) is 0 Å². The number of carbonyl (C=O) groups excluding carboxylic acids is 2. The molecule has 8 heteroatoms. The molecule has 3 rings (SSSR count). The lowest BCUT2D eigenvalue weighted by molar-refractivity contribution is -0.146. The summed E-state index contributed by atoms with van der Waals surface area (Å²) in [6, 6.07) is 12.3. The van der Waals surface area contributed by atoms with Gasteiger partial charge >= 0.3 is 5.97 Å². The second-order valence-electron chi connectivity index (χ2n) is 5.36. The van der Waals surface area contributed by atoms with Crippen LogP contribution in [0.4, 0.5) is 5.13 Å². The van der Waals surface area contributed by atoms with Crippen LogP contribution in [0.3, 0.4) is 0 Å². The minimum absolute atomic E-state index is 0.0748. The standard InChI is InChI=1S/C18H15ClN2O4S/c1-24-13-6-7-14-15(9-13)26-18(20-14)21-16(22)10-25-17(23)8-11-2-4-12(19)5-3-11/h2-7,9H,8,10H2,1H3,(H,20,21,22). The lowest BCUT2D eigenvalue weighted by atomic mass is 10.1. The number of nitrogens with one attached hydrogen (secondary N) is 1. The molecule has 0 bridgehead atoms. The molecule has 26 heavy (non-hydrogen) atoms. The molecule has 0 radical (unpaired) electrons. The summed E-state index contributed by atoms with van der Waals surface area (Å²) in [4.78, 5) is 28.1. The van der Waals surface area contributed by atoms with E-state index < -0.39 is 11.9 Å². The molecular weight excluding hydrogens is 376 g/mol. The zero-order valence-corrected chi connectivity index (χ0v) is 15.4. The minimum Gasteiger partial charge on any atom is -0.497 e. The van der Waals surface area contributed by atoms with Gasteiger partial charge in [0.15, 0.2) is 11.7 Å². The average molecular weight is 391 g/mol. The number of halogens is 1. The minimum atomic E-state index is -0.489. The van der Waals surface area contributed by atoms with Crippen LogP contribution in [0.1, 0.15) is 5.56 Å². The predicted octanol–water partition coefficient (Wildman–Crippen LogP) is 3.68. The molecule has 0 saturated heterocycles. The molecule has 6 nitrogen and oxygen atoms in total. The highest BCUT2D eigenvalue weighted by Crippen LogP contribution is 2.29. The van der Waals surface area contributed by atoms with Crippen molar-refractivity contribution in [1.29, 1.82) is 0 Å². The lowest BCUT2D eigenvalue weighted by Gasteiger charge is -2.05. The number of ether oxygens (including phenoxy) is 2. The molecule has 134 valence electrons. The number of methoxy groups -OCH3 is 1. The van der Waals surface area contributed by atoms with Crippen LogP contribution in [-0.4, -0.2) is 30.6 Å². The third-order valence-corrected chi connectivity index (χ3v) is 4.65. The highest BCUT2D eigenvalue weighted by atomic mass is 35.5. The molecular formula is C18H15ClN2O4S. The topological polar surface area (TPSA) is 77.5 Å². The molecule has 1 heterocycles. The van der Waals surface area contributed by atoms with Gasteiger partial charge in [-0.15, -0.1) is 0 Å². The Labute approximate surface area is 158 Å². The molecule has 0 fully saturated rings. The summed E-state index contributed by atoms with van der Waals surface area (Å²) in [5.41, 5.74) is 1.52. The number of thiazole rings is 1. The summed E-state index contributed by atoms with van der Waals surface area (Å²) in [6.07, 6.45) is 0.0748. The van der Waals surface area contributed by atoms with Crippen molar-refractivity contribution in [2.24, 2.45) is 0 Å². The van der Waals surface area contributed by atoms with E-state index in [1.807, 2.05) is 12.1 Å². The second kappa shape index (κ2) is 8.16. The Hall–Kier alpha value is -2.64. The van der Waals surface area contributed by atoms with Crippen LogP contribution < -0.4 is 10.1 Å². The molecule has 0 saturated carbocycles. The van der Waals surface area contributed by atoms with Crippen molar-refractivity contribution in [3.63, 3.8) is 0 Å². The number of hydrogen-bond donors (Lipinski definition) is 1. The number of hydrogen-bond acceptors (Lipinski definition) is 6. The van der Waals surface area contributed by atoms with Crippen LogP contribution in [0.2, 0.25) is 5.02 Å². The number of rotatable bonds is 6. The predicted molar refractivity (Wildman–Crippen MR) is 101 cm³/mol. The number of esters is 1. The number of nitrogens with zero attached hydrogens (tertiary/aromatic N) is 1. The molecule has 0 aliphatic rings. The van der Waals surface area contributed by atoms with E-state index in [1.54, 1.807) is 37.4 Å². The maximum atomic E-state index is 12.0. The summed E-state index contributed by atoms with van der Waals surface area (Å²) >= 11 is 7.11. The van der Waals surface area contributed by atoms with E-state index in [-0.39, 0.29) is 13.0 Å². The number of fused-ring (bicyclic) bond motifs is 1. The Bertz CT molecular complexity index is 940. The van der Waals surface area contributed by atoms with Gasteiger partial charge in [0.05, 0.1) is 23.7 Å². The van der Waals surface area contributed by atoms with Crippen molar-refractivity contribution in [2.45, 2.75) is 6.42 Å². The first-order chi connectivity index (χ1) is 12.5. The highest BCUT2D eigenvalue weighted by Gasteiger charge is 2.12. The van der Waals surface area contributed by atoms with Crippen LogP contribution in [0.5, 0.6) is 5.75 Å². The Kier molecular flexibility index (Phi) is 5.70. The number of amides is 1. The molecule has 1 N–H and O–H groups in total. The van der Waals surface area contributed by atoms with Gasteiger partial charge in [0, 0.05) is 5.02 Å². The normalized spacial score (nSPS) is 10.5. The molecule has 3 aromatic rings. The Morgan fingerprint density at radius 2 is 1.96 bits per heavy atom. The Balaban J connectivity index is 1.52. The van der Waals surface area contributed by atoms with E-state index >= 15 is 0 Å². The summed E-state index contributed by atoms with van der Waals surface area (Å²) in [5, 5.41) is 3.66. The van der Waals surface area contributed by atoms with Crippen molar-refractivity contribution in [1.82, 2.24) is 4.98 Å². The molecule has 0 atom stereocenters. The highest BCUT2D eigenvalue weighted by molar-refractivity contribution is 7.22. The fraction of sp³-hybridized carbons (Fsp3) is 0.167. The third-order valence-electron chi connectivity index (χ3n) is 3.47. The van der Waals surface area contributed by atoms with Crippen molar-refractivity contribution < 1.29 is 19.1 Å². The summed E-state index contributed by atoms with van der Waals surface area (Å²) in [7, 11) is 1.59. The molecule has 0 aliphatic heterocycles. The monoisotopic (exact) mass is 390 g/mol. The van der Waals surface area contributed by atoms with E-state index in [0.717, 1.165) is 21.5 Å². The van der Waals surface area contributed by atoms with Gasteiger partial charge in [-0.25, -0.2) is 4.98 Å². The molecule has 0 aliphatic carbocycles. The molecule has 0 unspecified atom stereocenters. The summed E-state index contributed by atoms with van der Waals surface area (Å²) < 4.78 is 11.0. The maximum absolute atomic E-state index is 12.0. The van der Waals surface area contributed by atoms with Crippen LogP contribution in [-0.2, 0) is 20.7 Å². The van der Waals surface area contributed by atoms with Gasteiger partial charge < -0.3 is 9.47 Å². The number of benzene rings is 2. The average Bonchev–Trinajstić information content (AvgIpc) is 3.03. The third kappa shape index (κ3) is 4.71. The molecule has 1 aromatic heterocycles. The quantitative estimate of drug-likeness (QED) is 0.649. The van der Waals surface area contributed by atoms with Crippen molar-refractivity contribution in [2.75, 3.05) is 19.0 Å².